The van der Waals surface area contributed by atoms with Gasteiger partial charge in [-0.25, -0.2) is 0 Å². The standard InChI is InChI=1S/C21H34N4O2.HI/c1-3-23-20(26)18-12-10-17(11-13-18)16-25-21(22-2)24-14-7-15-27-19-8-5-4-6-9-19;/h10-13,19H,3-9,14-16H2,1-2H3,(H,23,26)(H2,22,24,25);1H. The Morgan fingerprint density at radius 2 is 1.82 bits per heavy atom. The van der Waals surface area contributed by atoms with Gasteiger partial charge in [-0.15, -0.1) is 24.0 Å². The van der Waals surface area contributed by atoms with E-state index in [1.54, 1.807) is 7.05 Å². The van der Waals surface area contributed by atoms with Gasteiger partial charge in [0, 0.05) is 38.9 Å². The Kier molecular flexibility index (Phi) is 12.9. The number of hydrogen-bond acceptors (Lipinski definition) is 3. The van der Waals surface area contributed by atoms with Crippen LogP contribution in [0.25, 0.3) is 0 Å². The molecule has 158 valence electrons. The first-order valence-electron chi connectivity index (χ1n) is 10.2. The highest BCUT2D eigenvalue weighted by Gasteiger charge is 2.13. The number of hydrogen-bond donors (Lipinski definition) is 3. The number of aliphatic imine (C=N–C) groups is 1. The predicted octanol–water partition coefficient (Wildman–Crippen LogP) is 3.46. The molecule has 28 heavy (non-hydrogen) atoms. The predicted molar refractivity (Wildman–Crippen MR) is 126 cm³/mol. The van der Waals surface area contributed by atoms with Gasteiger partial charge in [-0.05, 0) is 43.9 Å². The van der Waals surface area contributed by atoms with E-state index in [9.17, 15) is 4.79 Å². The molecule has 7 heteroatoms. The van der Waals surface area contributed by atoms with Crippen molar-refractivity contribution in [1.82, 2.24) is 16.0 Å². The summed E-state index contributed by atoms with van der Waals surface area (Å²) in [7, 11) is 1.77. The van der Waals surface area contributed by atoms with Crippen LogP contribution < -0.4 is 16.0 Å². The molecule has 0 aliphatic heterocycles. The van der Waals surface area contributed by atoms with Crippen molar-refractivity contribution in [2.75, 3.05) is 26.7 Å². The largest absolute Gasteiger partial charge is 0.378 e. The Morgan fingerprint density at radius 1 is 1.11 bits per heavy atom. The summed E-state index contributed by atoms with van der Waals surface area (Å²) < 4.78 is 5.94. The number of carbonyl (C=O) groups excluding carboxylic acids is 1. The fourth-order valence-electron chi connectivity index (χ4n) is 3.20. The molecule has 0 bridgehead atoms. The second kappa shape index (κ2) is 14.6. The number of carbonyl (C=O) groups is 1. The molecule has 1 saturated carbocycles. The van der Waals surface area contributed by atoms with Gasteiger partial charge in [0.2, 0.25) is 0 Å². The van der Waals surface area contributed by atoms with Gasteiger partial charge in [0.25, 0.3) is 5.91 Å². The fourth-order valence-corrected chi connectivity index (χ4v) is 3.20. The quantitative estimate of drug-likeness (QED) is 0.209. The van der Waals surface area contributed by atoms with Crippen molar-refractivity contribution in [1.29, 1.82) is 0 Å². The van der Waals surface area contributed by atoms with E-state index in [-0.39, 0.29) is 29.9 Å². The molecule has 1 aliphatic rings. The summed E-state index contributed by atoms with van der Waals surface area (Å²) in [4.78, 5) is 16.0. The Bertz CT molecular complexity index is 587. The number of amides is 1. The molecule has 1 amide bonds. The summed E-state index contributed by atoms with van der Waals surface area (Å²) in [6.45, 7) is 4.85. The normalized spacial score (nSPS) is 14.9. The summed E-state index contributed by atoms with van der Waals surface area (Å²) >= 11 is 0. The molecule has 0 unspecified atom stereocenters. The van der Waals surface area contributed by atoms with E-state index in [0.717, 1.165) is 31.1 Å². The zero-order chi connectivity index (χ0) is 19.3. The number of nitrogens with zero attached hydrogens (tertiary/aromatic N) is 1. The minimum Gasteiger partial charge on any atom is -0.378 e. The van der Waals surface area contributed by atoms with Crippen LogP contribution in [0.2, 0.25) is 0 Å². The maximum Gasteiger partial charge on any atom is 0.251 e. The van der Waals surface area contributed by atoms with Crippen molar-refractivity contribution in [3.63, 3.8) is 0 Å². The third-order valence-electron chi connectivity index (χ3n) is 4.76. The van der Waals surface area contributed by atoms with E-state index in [1.165, 1.54) is 32.1 Å². The highest BCUT2D eigenvalue weighted by molar-refractivity contribution is 14.0. The van der Waals surface area contributed by atoms with Crippen molar-refractivity contribution >= 4 is 35.8 Å². The lowest BCUT2D eigenvalue weighted by molar-refractivity contribution is 0.0277. The van der Waals surface area contributed by atoms with Gasteiger partial charge < -0.3 is 20.7 Å². The Labute approximate surface area is 186 Å². The van der Waals surface area contributed by atoms with Crippen molar-refractivity contribution in [3.05, 3.63) is 35.4 Å². The topological polar surface area (TPSA) is 74.8 Å². The van der Waals surface area contributed by atoms with Crippen molar-refractivity contribution < 1.29 is 9.53 Å². The molecule has 0 spiro atoms. The van der Waals surface area contributed by atoms with E-state index in [2.05, 4.69) is 20.9 Å². The number of benzene rings is 1. The summed E-state index contributed by atoms with van der Waals surface area (Å²) in [6.07, 6.45) is 7.85. The third kappa shape index (κ3) is 9.23. The lowest BCUT2D eigenvalue weighted by atomic mass is 9.98. The summed E-state index contributed by atoms with van der Waals surface area (Å²) in [5.41, 5.74) is 1.78. The molecule has 0 heterocycles. The van der Waals surface area contributed by atoms with Crippen LogP contribution in [0.5, 0.6) is 0 Å². The van der Waals surface area contributed by atoms with Crippen LogP contribution in [0.1, 0.15) is 61.4 Å². The summed E-state index contributed by atoms with van der Waals surface area (Å²) in [6, 6.07) is 7.62. The van der Waals surface area contributed by atoms with Gasteiger partial charge in [0.15, 0.2) is 5.96 Å². The SMILES string of the molecule is CCNC(=O)c1ccc(CNC(=NC)NCCCOC2CCCCC2)cc1.I. The van der Waals surface area contributed by atoms with Gasteiger partial charge in [0.05, 0.1) is 6.10 Å². The monoisotopic (exact) mass is 502 g/mol. The van der Waals surface area contributed by atoms with Gasteiger partial charge in [0.1, 0.15) is 0 Å². The first kappa shape index (κ1) is 24.7. The van der Waals surface area contributed by atoms with Crippen molar-refractivity contribution in [3.8, 4) is 0 Å². The Balaban J connectivity index is 0.00000392. The average Bonchev–Trinajstić information content (AvgIpc) is 2.71. The van der Waals surface area contributed by atoms with E-state index in [4.69, 9.17) is 4.74 Å². The molecule has 1 aromatic carbocycles. The van der Waals surface area contributed by atoms with Gasteiger partial charge >= 0.3 is 0 Å². The molecule has 1 aliphatic carbocycles. The van der Waals surface area contributed by atoms with E-state index < -0.39 is 0 Å². The first-order chi connectivity index (χ1) is 13.2. The minimum absolute atomic E-state index is 0. The fraction of sp³-hybridized carbons (Fsp3) is 0.619. The van der Waals surface area contributed by atoms with Gasteiger partial charge in [-0.1, -0.05) is 31.4 Å². The molecule has 0 saturated heterocycles. The lowest BCUT2D eigenvalue weighted by Crippen LogP contribution is -2.37. The average molecular weight is 502 g/mol. The van der Waals surface area contributed by atoms with E-state index in [1.807, 2.05) is 31.2 Å². The second-order valence-electron chi connectivity index (χ2n) is 6.89. The number of guanidine groups is 1. The molecule has 0 aromatic heterocycles. The zero-order valence-corrected chi connectivity index (χ0v) is 19.5. The smallest absolute Gasteiger partial charge is 0.251 e. The summed E-state index contributed by atoms with van der Waals surface area (Å²) in [5, 5.41) is 9.42. The van der Waals surface area contributed by atoms with Crippen LogP contribution >= 0.6 is 24.0 Å². The van der Waals surface area contributed by atoms with Crippen LogP contribution in [0.4, 0.5) is 0 Å². The van der Waals surface area contributed by atoms with Crippen LogP contribution in [0, 0.1) is 0 Å². The number of halogens is 1. The molecular formula is C21H35IN4O2. The Morgan fingerprint density at radius 3 is 2.46 bits per heavy atom. The maximum absolute atomic E-state index is 11.8. The highest BCUT2D eigenvalue weighted by Crippen LogP contribution is 2.20. The molecular weight excluding hydrogens is 467 g/mol. The van der Waals surface area contributed by atoms with Gasteiger partial charge in [-0.2, -0.15) is 0 Å². The van der Waals surface area contributed by atoms with Crippen LogP contribution in [0.3, 0.4) is 0 Å². The van der Waals surface area contributed by atoms with Crippen molar-refractivity contribution in [2.24, 2.45) is 4.99 Å². The number of ether oxygens (including phenoxy) is 1. The molecule has 1 fully saturated rings. The van der Waals surface area contributed by atoms with Gasteiger partial charge in [-0.3, -0.25) is 9.79 Å². The molecule has 1 aromatic rings. The van der Waals surface area contributed by atoms with Crippen LogP contribution in [-0.4, -0.2) is 44.7 Å². The Hall–Kier alpha value is -1.35. The van der Waals surface area contributed by atoms with Crippen LogP contribution in [-0.2, 0) is 11.3 Å². The number of rotatable bonds is 9. The maximum atomic E-state index is 11.8. The summed E-state index contributed by atoms with van der Waals surface area (Å²) in [5.74, 6) is 0.741. The van der Waals surface area contributed by atoms with E-state index in [0.29, 0.717) is 24.8 Å². The van der Waals surface area contributed by atoms with Crippen LogP contribution in [0.15, 0.2) is 29.3 Å². The molecule has 2 rings (SSSR count). The molecule has 3 N–H and O–H groups in total. The third-order valence-corrected chi connectivity index (χ3v) is 4.76. The highest BCUT2D eigenvalue weighted by atomic mass is 127. The molecule has 0 radical (unpaired) electrons. The molecule has 6 nitrogen and oxygen atoms in total. The molecule has 0 atom stereocenters. The van der Waals surface area contributed by atoms with E-state index >= 15 is 0 Å². The second-order valence-corrected chi connectivity index (χ2v) is 6.89. The minimum atomic E-state index is -0.0371. The number of nitrogens with one attached hydrogen (secondary N) is 3. The van der Waals surface area contributed by atoms with Crippen molar-refractivity contribution in [2.45, 2.75) is 58.1 Å². The lowest BCUT2D eigenvalue weighted by Gasteiger charge is -2.22. The first-order valence-corrected chi connectivity index (χ1v) is 10.2. The zero-order valence-electron chi connectivity index (χ0n) is 17.1.